The Morgan fingerprint density at radius 3 is 2.90 bits per heavy atom. The number of hydrogen-bond acceptors (Lipinski definition) is 3. The van der Waals surface area contributed by atoms with Gasteiger partial charge in [-0.1, -0.05) is 6.92 Å². The van der Waals surface area contributed by atoms with Gasteiger partial charge in [0, 0.05) is 19.3 Å². The lowest BCUT2D eigenvalue weighted by atomic mass is 9.91. The Morgan fingerprint density at radius 2 is 2.30 bits per heavy atom. The van der Waals surface area contributed by atoms with E-state index >= 15 is 0 Å². The summed E-state index contributed by atoms with van der Waals surface area (Å²) in [6, 6.07) is -1.13. The maximum atomic E-state index is 12.2. The summed E-state index contributed by atoms with van der Waals surface area (Å²) in [5.74, 6) is -0.984. The van der Waals surface area contributed by atoms with E-state index in [0.29, 0.717) is 18.8 Å². The van der Waals surface area contributed by atoms with Crippen LogP contribution in [0.4, 0.5) is 10.5 Å². The molecular formula is C13H20N4O3. The number of amides is 2. The minimum absolute atomic E-state index is 0.0367. The van der Waals surface area contributed by atoms with Crippen molar-refractivity contribution in [1.82, 2.24) is 14.7 Å². The van der Waals surface area contributed by atoms with Crippen molar-refractivity contribution in [3.8, 4) is 0 Å². The number of aliphatic carboxylic acids is 1. The average Bonchev–Trinajstić information content (AvgIpc) is 2.85. The van der Waals surface area contributed by atoms with Gasteiger partial charge in [-0.25, -0.2) is 9.59 Å². The number of hydrogen-bond donors (Lipinski definition) is 2. The number of carbonyl (C=O) groups is 2. The largest absolute Gasteiger partial charge is 0.480 e. The predicted molar refractivity (Wildman–Crippen MR) is 73.4 cm³/mol. The van der Waals surface area contributed by atoms with Crippen LogP contribution < -0.4 is 5.32 Å². The number of anilines is 1. The third-order valence-corrected chi connectivity index (χ3v) is 3.66. The van der Waals surface area contributed by atoms with Gasteiger partial charge in [0.15, 0.2) is 0 Å². The lowest BCUT2D eigenvalue weighted by Gasteiger charge is -2.37. The molecule has 7 nitrogen and oxygen atoms in total. The summed E-state index contributed by atoms with van der Waals surface area (Å²) in [6.45, 7) is 5.00. The molecule has 2 amide bonds. The molecule has 2 unspecified atom stereocenters. The molecule has 2 rings (SSSR count). The molecule has 1 aliphatic heterocycles. The summed E-state index contributed by atoms with van der Waals surface area (Å²) in [7, 11) is 0. The Balaban J connectivity index is 2.08. The molecule has 0 spiro atoms. The van der Waals surface area contributed by atoms with Crippen LogP contribution in [0, 0.1) is 5.92 Å². The second-order valence-corrected chi connectivity index (χ2v) is 5.11. The molecule has 0 aromatic carbocycles. The van der Waals surface area contributed by atoms with E-state index in [1.807, 2.05) is 13.8 Å². The number of carbonyl (C=O) groups excluding carboxylic acids is 1. The number of carboxylic acids is 1. The number of nitrogens with one attached hydrogen (secondary N) is 1. The molecule has 2 atom stereocenters. The number of nitrogens with zero attached hydrogens (tertiary/aromatic N) is 3. The molecule has 2 heterocycles. The molecule has 7 heteroatoms. The monoisotopic (exact) mass is 280 g/mol. The van der Waals surface area contributed by atoms with Crippen LogP contribution >= 0.6 is 0 Å². The summed E-state index contributed by atoms with van der Waals surface area (Å²) in [6.07, 6.45) is 4.94. The normalized spacial score (nSPS) is 22.6. The Hall–Kier alpha value is -2.05. The third-order valence-electron chi connectivity index (χ3n) is 3.66. The molecule has 1 saturated heterocycles. The van der Waals surface area contributed by atoms with Crippen molar-refractivity contribution < 1.29 is 14.7 Å². The first-order valence-electron chi connectivity index (χ1n) is 6.85. The van der Waals surface area contributed by atoms with Gasteiger partial charge >= 0.3 is 12.0 Å². The summed E-state index contributed by atoms with van der Waals surface area (Å²) in [4.78, 5) is 25.0. The molecular weight excluding hydrogens is 260 g/mol. The fourth-order valence-corrected chi connectivity index (χ4v) is 2.59. The van der Waals surface area contributed by atoms with Crippen LogP contribution in [0.1, 0.15) is 26.7 Å². The molecule has 20 heavy (non-hydrogen) atoms. The van der Waals surface area contributed by atoms with Crippen LogP contribution in [0.15, 0.2) is 12.4 Å². The molecule has 0 radical (unpaired) electrons. The lowest BCUT2D eigenvalue weighted by Crippen LogP contribution is -2.53. The smallest absolute Gasteiger partial charge is 0.326 e. The zero-order chi connectivity index (χ0) is 14.7. The fourth-order valence-electron chi connectivity index (χ4n) is 2.59. The van der Waals surface area contributed by atoms with E-state index in [4.69, 9.17) is 0 Å². The van der Waals surface area contributed by atoms with Crippen molar-refractivity contribution in [3.63, 3.8) is 0 Å². The van der Waals surface area contributed by atoms with Crippen LogP contribution in [-0.4, -0.2) is 44.4 Å². The zero-order valence-electron chi connectivity index (χ0n) is 11.7. The number of likely N-dealkylation sites (tertiary alicyclic amines) is 1. The van der Waals surface area contributed by atoms with Gasteiger partial charge in [0.05, 0.1) is 11.9 Å². The van der Waals surface area contributed by atoms with Crippen LogP contribution in [0.3, 0.4) is 0 Å². The molecule has 1 aromatic rings. The van der Waals surface area contributed by atoms with Gasteiger partial charge in [0.2, 0.25) is 0 Å². The Morgan fingerprint density at radius 1 is 1.55 bits per heavy atom. The highest BCUT2D eigenvalue weighted by Gasteiger charge is 2.37. The quantitative estimate of drug-likeness (QED) is 0.880. The summed E-state index contributed by atoms with van der Waals surface area (Å²) in [5.41, 5.74) is 0.583. The topological polar surface area (TPSA) is 87.5 Å². The number of urea groups is 1. The number of aryl methyl sites for hydroxylation is 1. The summed E-state index contributed by atoms with van der Waals surface area (Å²) in [5, 5.41) is 16.1. The molecule has 2 N–H and O–H groups in total. The molecule has 110 valence electrons. The van der Waals surface area contributed by atoms with Gasteiger partial charge in [0.1, 0.15) is 6.04 Å². The number of carboxylic acid groups (broad SMARTS) is 1. The molecule has 0 bridgehead atoms. The van der Waals surface area contributed by atoms with E-state index < -0.39 is 12.0 Å². The Bertz CT molecular complexity index is 500. The van der Waals surface area contributed by atoms with Crippen LogP contribution in [-0.2, 0) is 11.3 Å². The second kappa shape index (κ2) is 5.94. The van der Waals surface area contributed by atoms with E-state index in [1.165, 1.54) is 4.90 Å². The van der Waals surface area contributed by atoms with E-state index in [1.54, 1.807) is 17.1 Å². The zero-order valence-corrected chi connectivity index (χ0v) is 11.7. The maximum absolute atomic E-state index is 12.2. The highest BCUT2D eigenvalue weighted by atomic mass is 16.4. The highest BCUT2D eigenvalue weighted by Crippen LogP contribution is 2.24. The lowest BCUT2D eigenvalue weighted by molar-refractivity contribution is -0.145. The van der Waals surface area contributed by atoms with Crippen LogP contribution in [0.5, 0.6) is 0 Å². The third kappa shape index (κ3) is 2.92. The first-order valence-corrected chi connectivity index (χ1v) is 6.85. The van der Waals surface area contributed by atoms with Crippen LogP contribution in [0.25, 0.3) is 0 Å². The maximum Gasteiger partial charge on any atom is 0.326 e. The van der Waals surface area contributed by atoms with E-state index in [0.717, 1.165) is 12.8 Å². The predicted octanol–water partition coefficient (Wildman–Crippen LogP) is 1.62. The molecule has 1 fully saturated rings. The molecule has 1 aliphatic rings. The summed E-state index contributed by atoms with van der Waals surface area (Å²) < 4.78 is 1.70. The SMILES string of the molecule is CCn1cc(NC(=O)N2CCCC(C)C2C(=O)O)cn1. The standard InChI is InChI=1S/C13H20N4O3/c1-3-16-8-10(7-14-16)15-13(20)17-6-4-5-9(2)11(17)12(18)19/h7-9,11H,3-6H2,1-2H3,(H,15,20)(H,18,19). The Kier molecular flexibility index (Phi) is 4.26. The number of piperidine rings is 1. The van der Waals surface area contributed by atoms with E-state index in [2.05, 4.69) is 10.4 Å². The fraction of sp³-hybridized carbons (Fsp3) is 0.615. The van der Waals surface area contributed by atoms with Crippen molar-refractivity contribution in [3.05, 3.63) is 12.4 Å². The Labute approximate surface area is 117 Å². The van der Waals surface area contributed by atoms with Crippen molar-refractivity contribution in [1.29, 1.82) is 0 Å². The molecule has 0 aliphatic carbocycles. The van der Waals surface area contributed by atoms with E-state index in [-0.39, 0.29) is 11.9 Å². The van der Waals surface area contributed by atoms with Gasteiger partial charge in [-0.05, 0) is 25.7 Å². The summed E-state index contributed by atoms with van der Waals surface area (Å²) >= 11 is 0. The van der Waals surface area contributed by atoms with Crippen molar-refractivity contribution >= 4 is 17.7 Å². The van der Waals surface area contributed by atoms with Crippen molar-refractivity contribution in [2.24, 2.45) is 5.92 Å². The number of aromatic nitrogens is 2. The number of rotatable bonds is 3. The van der Waals surface area contributed by atoms with Crippen molar-refractivity contribution in [2.75, 3.05) is 11.9 Å². The average molecular weight is 280 g/mol. The minimum Gasteiger partial charge on any atom is -0.480 e. The van der Waals surface area contributed by atoms with Gasteiger partial charge in [-0.3, -0.25) is 4.68 Å². The first-order chi connectivity index (χ1) is 9.52. The van der Waals surface area contributed by atoms with E-state index in [9.17, 15) is 14.7 Å². The van der Waals surface area contributed by atoms with Crippen LogP contribution in [0.2, 0.25) is 0 Å². The molecule has 1 aromatic heterocycles. The minimum atomic E-state index is -0.948. The van der Waals surface area contributed by atoms with Gasteiger partial charge in [0.25, 0.3) is 0 Å². The first kappa shape index (κ1) is 14.4. The van der Waals surface area contributed by atoms with Gasteiger partial charge in [-0.15, -0.1) is 0 Å². The van der Waals surface area contributed by atoms with Gasteiger partial charge < -0.3 is 15.3 Å². The van der Waals surface area contributed by atoms with Gasteiger partial charge in [-0.2, -0.15) is 5.10 Å². The molecule has 0 saturated carbocycles. The van der Waals surface area contributed by atoms with Crippen molar-refractivity contribution in [2.45, 2.75) is 39.3 Å². The highest BCUT2D eigenvalue weighted by molar-refractivity contribution is 5.92. The second-order valence-electron chi connectivity index (χ2n) is 5.11.